The van der Waals surface area contributed by atoms with E-state index in [0.29, 0.717) is 23.7 Å². The van der Waals surface area contributed by atoms with Crippen LogP contribution in [0.5, 0.6) is 0 Å². The second-order valence-corrected chi connectivity index (χ2v) is 7.79. The van der Waals surface area contributed by atoms with Crippen molar-refractivity contribution in [3.63, 3.8) is 0 Å². The van der Waals surface area contributed by atoms with Gasteiger partial charge in [0.1, 0.15) is 0 Å². The maximum Gasteiger partial charge on any atom is 0.261 e. The minimum atomic E-state index is -3.68. The Morgan fingerprint density at radius 3 is 2.38 bits per heavy atom. The number of anilines is 1. The van der Waals surface area contributed by atoms with E-state index < -0.39 is 10.0 Å². The fraction of sp³-hybridized carbons (Fsp3) is 0.278. The first-order valence-corrected chi connectivity index (χ1v) is 9.24. The monoisotopic (exact) mass is 346 g/mol. The maximum atomic E-state index is 12.4. The van der Waals surface area contributed by atoms with Crippen molar-refractivity contribution < 1.29 is 13.2 Å². The standard InChI is InChI=1S/C18H22N2O3S/c1-13(2)12-19-18(21)15-5-4-6-16(11-15)20-24(22,23)17-9-7-14(3)8-10-17/h4-11,13,20H,12H2,1-3H3,(H,19,21). The van der Waals surface area contributed by atoms with Gasteiger partial charge in [-0.25, -0.2) is 8.42 Å². The molecule has 2 aromatic carbocycles. The number of carbonyl (C=O) groups excluding carboxylic acids is 1. The zero-order valence-electron chi connectivity index (χ0n) is 14.0. The number of rotatable bonds is 6. The number of hydrogen-bond donors (Lipinski definition) is 2. The van der Waals surface area contributed by atoms with E-state index in [1.54, 1.807) is 42.5 Å². The normalized spacial score (nSPS) is 11.3. The van der Waals surface area contributed by atoms with Crippen LogP contribution in [0, 0.1) is 12.8 Å². The summed E-state index contributed by atoms with van der Waals surface area (Å²) in [6.07, 6.45) is 0. The molecule has 128 valence electrons. The summed E-state index contributed by atoms with van der Waals surface area (Å²) in [5.41, 5.74) is 1.75. The van der Waals surface area contributed by atoms with Gasteiger partial charge in [-0.2, -0.15) is 0 Å². The van der Waals surface area contributed by atoms with Gasteiger partial charge in [0.2, 0.25) is 0 Å². The Morgan fingerprint density at radius 2 is 1.75 bits per heavy atom. The van der Waals surface area contributed by atoms with E-state index in [9.17, 15) is 13.2 Å². The van der Waals surface area contributed by atoms with Crippen LogP contribution in [-0.2, 0) is 10.0 Å². The average molecular weight is 346 g/mol. The Bertz CT molecular complexity index is 812. The highest BCUT2D eigenvalue weighted by molar-refractivity contribution is 7.92. The van der Waals surface area contributed by atoms with Gasteiger partial charge in [-0.3, -0.25) is 9.52 Å². The lowest BCUT2D eigenvalue weighted by molar-refractivity contribution is 0.0949. The number of aryl methyl sites for hydroxylation is 1. The first kappa shape index (κ1) is 18.0. The van der Waals surface area contributed by atoms with Gasteiger partial charge in [-0.05, 0) is 43.2 Å². The lowest BCUT2D eigenvalue weighted by Crippen LogP contribution is -2.27. The van der Waals surface area contributed by atoms with Gasteiger partial charge in [0, 0.05) is 17.8 Å². The summed E-state index contributed by atoms with van der Waals surface area (Å²) in [7, 11) is -3.68. The molecule has 0 fully saturated rings. The quantitative estimate of drug-likeness (QED) is 0.843. The first-order chi connectivity index (χ1) is 11.3. The van der Waals surface area contributed by atoms with Gasteiger partial charge in [0.05, 0.1) is 4.90 Å². The van der Waals surface area contributed by atoms with Crippen molar-refractivity contribution in [3.05, 3.63) is 59.7 Å². The van der Waals surface area contributed by atoms with E-state index in [-0.39, 0.29) is 10.8 Å². The lowest BCUT2D eigenvalue weighted by atomic mass is 10.1. The average Bonchev–Trinajstić information content (AvgIpc) is 2.52. The summed E-state index contributed by atoms with van der Waals surface area (Å²) in [5, 5.41) is 2.81. The van der Waals surface area contributed by atoms with Crippen LogP contribution in [0.15, 0.2) is 53.4 Å². The molecule has 0 aromatic heterocycles. The summed E-state index contributed by atoms with van der Waals surface area (Å²) in [4.78, 5) is 12.3. The summed E-state index contributed by atoms with van der Waals surface area (Å²) < 4.78 is 27.3. The molecule has 2 rings (SSSR count). The summed E-state index contributed by atoms with van der Waals surface area (Å²) in [5.74, 6) is 0.122. The Balaban J connectivity index is 2.16. The molecule has 0 heterocycles. The number of benzene rings is 2. The van der Waals surface area contributed by atoms with Crippen LogP contribution < -0.4 is 10.0 Å². The second-order valence-electron chi connectivity index (χ2n) is 6.10. The molecular weight excluding hydrogens is 324 g/mol. The highest BCUT2D eigenvalue weighted by Crippen LogP contribution is 2.17. The van der Waals surface area contributed by atoms with Gasteiger partial charge in [0.15, 0.2) is 0 Å². The van der Waals surface area contributed by atoms with Crippen molar-refractivity contribution in [2.45, 2.75) is 25.7 Å². The van der Waals surface area contributed by atoms with Crippen LogP contribution in [0.25, 0.3) is 0 Å². The molecule has 0 bridgehead atoms. The molecule has 0 aliphatic heterocycles. The van der Waals surface area contributed by atoms with Gasteiger partial charge in [-0.1, -0.05) is 37.6 Å². The Kier molecular flexibility index (Phi) is 5.62. The Morgan fingerprint density at radius 1 is 1.08 bits per heavy atom. The van der Waals surface area contributed by atoms with E-state index in [0.717, 1.165) is 5.56 Å². The zero-order chi connectivity index (χ0) is 17.7. The molecule has 1 amide bonds. The van der Waals surface area contributed by atoms with Gasteiger partial charge >= 0.3 is 0 Å². The third kappa shape index (κ3) is 4.83. The van der Waals surface area contributed by atoms with Crippen molar-refractivity contribution in [1.29, 1.82) is 0 Å². The predicted octanol–water partition coefficient (Wildman–Crippen LogP) is 3.18. The number of amides is 1. The summed E-state index contributed by atoms with van der Waals surface area (Å²) >= 11 is 0. The highest BCUT2D eigenvalue weighted by atomic mass is 32.2. The van der Waals surface area contributed by atoms with Crippen LogP contribution in [0.3, 0.4) is 0 Å². The van der Waals surface area contributed by atoms with Crippen LogP contribution >= 0.6 is 0 Å². The Labute approximate surface area is 143 Å². The van der Waals surface area contributed by atoms with E-state index >= 15 is 0 Å². The van der Waals surface area contributed by atoms with Crippen molar-refractivity contribution in [2.75, 3.05) is 11.3 Å². The maximum absolute atomic E-state index is 12.4. The summed E-state index contributed by atoms with van der Waals surface area (Å²) in [6, 6.07) is 13.0. The third-order valence-corrected chi connectivity index (χ3v) is 4.78. The molecule has 0 atom stereocenters. The second kappa shape index (κ2) is 7.49. The fourth-order valence-electron chi connectivity index (χ4n) is 2.05. The SMILES string of the molecule is Cc1ccc(S(=O)(=O)Nc2cccc(C(=O)NCC(C)C)c2)cc1. The van der Waals surface area contributed by atoms with Crippen LogP contribution in [0.1, 0.15) is 29.8 Å². The zero-order valence-corrected chi connectivity index (χ0v) is 14.9. The van der Waals surface area contributed by atoms with E-state index in [2.05, 4.69) is 10.0 Å². The first-order valence-electron chi connectivity index (χ1n) is 7.75. The third-order valence-electron chi connectivity index (χ3n) is 3.38. The molecule has 0 unspecified atom stereocenters. The van der Waals surface area contributed by atoms with Crippen molar-refractivity contribution in [3.8, 4) is 0 Å². The van der Waals surface area contributed by atoms with Crippen LogP contribution in [-0.4, -0.2) is 20.9 Å². The van der Waals surface area contributed by atoms with Crippen LogP contribution in [0.4, 0.5) is 5.69 Å². The lowest BCUT2D eigenvalue weighted by Gasteiger charge is -2.11. The molecular formula is C18H22N2O3S. The number of sulfonamides is 1. The van der Waals surface area contributed by atoms with Gasteiger partial charge in [-0.15, -0.1) is 0 Å². The largest absolute Gasteiger partial charge is 0.352 e. The smallest absolute Gasteiger partial charge is 0.261 e. The van der Waals surface area contributed by atoms with E-state index in [4.69, 9.17) is 0 Å². The number of nitrogens with one attached hydrogen (secondary N) is 2. The van der Waals surface area contributed by atoms with E-state index in [1.165, 1.54) is 6.07 Å². The molecule has 0 saturated heterocycles. The molecule has 2 aromatic rings. The van der Waals surface area contributed by atoms with Crippen molar-refractivity contribution in [2.24, 2.45) is 5.92 Å². The molecule has 0 aliphatic carbocycles. The predicted molar refractivity (Wildman–Crippen MR) is 95.6 cm³/mol. The molecule has 24 heavy (non-hydrogen) atoms. The number of hydrogen-bond acceptors (Lipinski definition) is 3. The topological polar surface area (TPSA) is 75.3 Å². The molecule has 6 heteroatoms. The molecule has 0 aliphatic rings. The van der Waals surface area contributed by atoms with Gasteiger partial charge < -0.3 is 5.32 Å². The fourth-order valence-corrected chi connectivity index (χ4v) is 3.10. The molecule has 0 spiro atoms. The minimum absolute atomic E-state index is 0.183. The summed E-state index contributed by atoms with van der Waals surface area (Å²) in [6.45, 7) is 6.47. The number of carbonyl (C=O) groups is 1. The van der Waals surface area contributed by atoms with Gasteiger partial charge in [0.25, 0.3) is 15.9 Å². The Hall–Kier alpha value is -2.34. The molecule has 0 radical (unpaired) electrons. The van der Waals surface area contributed by atoms with E-state index in [1.807, 2.05) is 20.8 Å². The molecule has 2 N–H and O–H groups in total. The minimum Gasteiger partial charge on any atom is -0.352 e. The van der Waals surface area contributed by atoms with Crippen molar-refractivity contribution in [1.82, 2.24) is 5.32 Å². The molecule has 5 nitrogen and oxygen atoms in total. The highest BCUT2D eigenvalue weighted by Gasteiger charge is 2.15. The van der Waals surface area contributed by atoms with Crippen molar-refractivity contribution >= 4 is 21.6 Å². The van der Waals surface area contributed by atoms with Crippen LogP contribution in [0.2, 0.25) is 0 Å². The molecule has 0 saturated carbocycles.